The Morgan fingerprint density at radius 2 is 1.65 bits per heavy atom. The Morgan fingerprint density at radius 3 is 2.38 bits per heavy atom. The van der Waals surface area contributed by atoms with Crippen molar-refractivity contribution in [3.8, 4) is 11.5 Å². The summed E-state index contributed by atoms with van der Waals surface area (Å²) in [6, 6.07) is 26.7. The quantitative estimate of drug-likeness (QED) is 0.272. The molecule has 34 heavy (non-hydrogen) atoms. The van der Waals surface area contributed by atoms with E-state index in [0.717, 1.165) is 27.2 Å². The molecule has 0 spiro atoms. The van der Waals surface area contributed by atoms with Crippen LogP contribution in [0.15, 0.2) is 91.1 Å². The second-order valence-electron chi connectivity index (χ2n) is 8.08. The van der Waals surface area contributed by atoms with Crippen molar-refractivity contribution in [1.82, 2.24) is 9.97 Å². The number of benzene rings is 3. The summed E-state index contributed by atoms with van der Waals surface area (Å²) in [6.07, 6.45) is 1.74. The number of hydrogen-bond acceptors (Lipinski definition) is 5. The number of pyridine rings is 1. The minimum atomic E-state index is -0.134. The zero-order valence-corrected chi connectivity index (χ0v) is 19.8. The Morgan fingerprint density at radius 1 is 0.912 bits per heavy atom. The van der Waals surface area contributed by atoms with Gasteiger partial charge in [0.15, 0.2) is 5.13 Å². The molecule has 3 aromatic carbocycles. The first kappa shape index (κ1) is 21.8. The molecule has 5 aromatic rings. The molecule has 0 aliphatic rings. The largest absolute Gasteiger partial charge is 0.457 e. The fraction of sp³-hybridized carbons (Fsp3) is 0.107. The van der Waals surface area contributed by atoms with Gasteiger partial charge in [0, 0.05) is 11.8 Å². The van der Waals surface area contributed by atoms with Gasteiger partial charge in [0.25, 0.3) is 5.91 Å². The lowest BCUT2D eigenvalue weighted by Crippen LogP contribution is -2.30. The van der Waals surface area contributed by atoms with Crippen LogP contribution in [0.2, 0.25) is 0 Å². The second-order valence-corrected chi connectivity index (χ2v) is 9.09. The van der Waals surface area contributed by atoms with E-state index >= 15 is 0 Å². The number of aryl methyl sites for hydroxylation is 2. The highest BCUT2D eigenvalue weighted by Gasteiger charge is 2.23. The van der Waals surface area contributed by atoms with Crippen molar-refractivity contribution in [3.05, 3.63) is 114 Å². The molecule has 0 bridgehead atoms. The zero-order valence-electron chi connectivity index (χ0n) is 18.9. The van der Waals surface area contributed by atoms with E-state index in [4.69, 9.17) is 9.72 Å². The van der Waals surface area contributed by atoms with E-state index < -0.39 is 0 Å². The SMILES string of the molecule is Cc1cc(C)c2nc(N(Cc3ccccn3)C(=O)c3ccc(Oc4ccccc4)cc3)sc2c1. The minimum Gasteiger partial charge on any atom is -0.457 e. The van der Waals surface area contributed by atoms with Crippen LogP contribution in [0, 0.1) is 13.8 Å². The number of ether oxygens (including phenoxy) is 1. The van der Waals surface area contributed by atoms with Gasteiger partial charge < -0.3 is 4.74 Å². The second kappa shape index (κ2) is 9.45. The normalized spacial score (nSPS) is 10.9. The number of amides is 1. The van der Waals surface area contributed by atoms with Crippen molar-refractivity contribution >= 4 is 32.6 Å². The monoisotopic (exact) mass is 465 g/mol. The molecule has 0 fully saturated rings. The molecular weight excluding hydrogens is 442 g/mol. The Hall–Kier alpha value is -4.03. The van der Waals surface area contributed by atoms with Gasteiger partial charge in [0.05, 0.1) is 22.5 Å². The number of rotatable bonds is 6. The summed E-state index contributed by atoms with van der Waals surface area (Å²) in [5.74, 6) is 1.29. The van der Waals surface area contributed by atoms with Crippen molar-refractivity contribution in [2.24, 2.45) is 0 Å². The maximum Gasteiger partial charge on any atom is 0.260 e. The minimum absolute atomic E-state index is 0.134. The van der Waals surface area contributed by atoms with Crippen molar-refractivity contribution < 1.29 is 9.53 Å². The molecule has 0 atom stereocenters. The van der Waals surface area contributed by atoms with Crippen LogP contribution in [0.4, 0.5) is 5.13 Å². The van der Waals surface area contributed by atoms with Gasteiger partial charge in [-0.05, 0) is 79.6 Å². The third-order valence-corrected chi connectivity index (χ3v) is 6.45. The average molecular weight is 466 g/mol. The van der Waals surface area contributed by atoms with Crippen molar-refractivity contribution in [3.63, 3.8) is 0 Å². The summed E-state index contributed by atoms with van der Waals surface area (Å²) in [7, 11) is 0. The first-order valence-electron chi connectivity index (χ1n) is 11.0. The molecule has 1 amide bonds. The van der Waals surface area contributed by atoms with E-state index in [1.54, 1.807) is 23.2 Å². The van der Waals surface area contributed by atoms with Gasteiger partial charge in [0.2, 0.25) is 0 Å². The Bertz CT molecular complexity index is 1430. The first-order valence-corrected chi connectivity index (χ1v) is 11.8. The van der Waals surface area contributed by atoms with Crippen LogP contribution in [0.25, 0.3) is 10.2 Å². The van der Waals surface area contributed by atoms with Gasteiger partial charge in [-0.25, -0.2) is 4.98 Å². The number of para-hydroxylation sites is 1. The third-order valence-electron chi connectivity index (χ3n) is 5.42. The Kier molecular flexibility index (Phi) is 6.06. The molecule has 0 radical (unpaired) electrons. The highest BCUT2D eigenvalue weighted by atomic mass is 32.1. The first-order chi connectivity index (χ1) is 16.6. The summed E-state index contributed by atoms with van der Waals surface area (Å²) in [4.78, 5) is 24.6. The lowest BCUT2D eigenvalue weighted by Gasteiger charge is -2.20. The maximum atomic E-state index is 13.7. The van der Waals surface area contributed by atoms with E-state index in [2.05, 4.69) is 31.0 Å². The molecule has 5 nitrogen and oxygen atoms in total. The highest BCUT2D eigenvalue weighted by Crippen LogP contribution is 2.33. The van der Waals surface area contributed by atoms with E-state index in [1.165, 1.54) is 16.9 Å². The summed E-state index contributed by atoms with van der Waals surface area (Å²) in [5.41, 5.74) is 4.56. The van der Waals surface area contributed by atoms with Crippen molar-refractivity contribution in [1.29, 1.82) is 0 Å². The maximum absolute atomic E-state index is 13.7. The van der Waals surface area contributed by atoms with E-state index in [0.29, 0.717) is 23.0 Å². The molecule has 2 heterocycles. The van der Waals surface area contributed by atoms with Gasteiger partial charge in [-0.2, -0.15) is 0 Å². The van der Waals surface area contributed by atoms with Gasteiger partial charge >= 0.3 is 0 Å². The topological polar surface area (TPSA) is 55.3 Å². The van der Waals surface area contributed by atoms with Crippen LogP contribution >= 0.6 is 11.3 Å². The molecule has 0 N–H and O–H groups in total. The molecule has 5 rings (SSSR count). The molecular formula is C28H23N3O2S. The predicted octanol–water partition coefficient (Wildman–Crippen LogP) is 6.95. The molecule has 2 aromatic heterocycles. The van der Waals surface area contributed by atoms with Crippen molar-refractivity contribution in [2.75, 3.05) is 4.90 Å². The number of nitrogens with zero attached hydrogens (tertiary/aromatic N) is 3. The average Bonchev–Trinajstić information content (AvgIpc) is 3.28. The number of carbonyl (C=O) groups is 1. The third kappa shape index (κ3) is 4.67. The van der Waals surface area contributed by atoms with Crippen LogP contribution in [0.5, 0.6) is 11.5 Å². The standard InChI is InChI=1S/C28H23N3O2S/c1-19-16-20(2)26-25(17-19)34-28(30-26)31(18-22-8-6-7-15-29-22)27(32)21-11-13-24(14-12-21)33-23-9-4-3-5-10-23/h3-17H,18H2,1-2H3. The van der Waals surface area contributed by atoms with Crippen LogP contribution in [0.3, 0.4) is 0 Å². The van der Waals surface area contributed by atoms with Crippen LogP contribution in [-0.4, -0.2) is 15.9 Å². The highest BCUT2D eigenvalue weighted by molar-refractivity contribution is 7.22. The van der Waals surface area contributed by atoms with Crippen LogP contribution in [0.1, 0.15) is 27.2 Å². The van der Waals surface area contributed by atoms with E-state index in [1.807, 2.05) is 60.7 Å². The summed E-state index contributed by atoms with van der Waals surface area (Å²) < 4.78 is 6.94. The lowest BCUT2D eigenvalue weighted by molar-refractivity contribution is 0.0985. The predicted molar refractivity (Wildman–Crippen MR) is 137 cm³/mol. The number of thiazole rings is 1. The number of carbonyl (C=O) groups excluding carboxylic acids is 1. The summed E-state index contributed by atoms with van der Waals surface area (Å²) in [6.45, 7) is 4.46. The molecule has 0 saturated carbocycles. The number of hydrogen-bond donors (Lipinski definition) is 0. The molecule has 6 heteroatoms. The summed E-state index contributed by atoms with van der Waals surface area (Å²) >= 11 is 1.52. The number of aromatic nitrogens is 2. The Balaban J connectivity index is 1.47. The van der Waals surface area contributed by atoms with E-state index in [9.17, 15) is 4.79 Å². The van der Waals surface area contributed by atoms with Crippen LogP contribution < -0.4 is 9.64 Å². The molecule has 0 saturated heterocycles. The van der Waals surface area contributed by atoms with Crippen molar-refractivity contribution in [2.45, 2.75) is 20.4 Å². The summed E-state index contributed by atoms with van der Waals surface area (Å²) in [5, 5.41) is 0.656. The van der Waals surface area contributed by atoms with Gasteiger partial charge in [-0.1, -0.05) is 41.7 Å². The number of anilines is 1. The Labute approximate surface area is 202 Å². The molecule has 0 aliphatic carbocycles. The zero-order chi connectivity index (χ0) is 23.5. The molecule has 168 valence electrons. The van der Waals surface area contributed by atoms with Crippen LogP contribution in [-0.2, 0) is 6.54 Å². The van der Waals surface area contributed by atoms with Gasteiger partial charge in [-0.3, -0.25) is 14.7 Å². The smallest absolute Gasteiger partial charge is 0.260 e. The van der Waals surface area contributed by atoms with Gasteiger partial charge in [0.1, 0.15) is 11.5 Å². The number of fused-ring (bicyclic) bond motifs is 1. The molecule has 0 unspecified atom stereocenters. The lowest BCUT2D eigenvalue weighted by atomic mass is 10.1. The van der Waals surface area contributed by atoms with E-state index in [-0.39, 0.29) is 5.91 Å². The molecule has 0 aliphatic heterocycles. The van der Waals surface area contributed by atoms with Gasteiger partial charge in [-0.15, -0.1) is 0 Å². The fourth-order valence-corrected chi connectivity index (χ4v) is 4.94. The fourth-order valence-electron chi connectivity index (χ4n) is 3.80.